The number of H-pyrrole nitrogens is 1. The van der Waals surface area contributed by atoms with Crippen LogP contribution in [0.15, 0.2) is 48.7 Å². The second-order valence-corrected chi connectivity index (χ2v) is 7.76. The van der Waals surface area contributed by atoms with Crippen LogP contribution in [0.2, 0.25) is 5.15 Å². The standard InChI is InChI=1S/C21H18ClN7O3/c1-28-17-7-13-14(24-26-19(13)22)8-18(17)32-11-16(21(28)31)23-20(30)15-10-29(27-25-15)9-12-5-3-2-4-6-12/h2-8,10,16H,9,11H2,1H3,(H,23,30)(H,24,26)/t16-/m0/s1. The van der Waals surface area contributed by atoms with Gasteiger partial charge in [-0.05, 0) is 11.6 Å². The summed E-state index contributed by atoms with van der Waals surface area (Å²) in [5, 5.41) is 18.4. The molecule has 2 aromatic carbocycles. The fourth-order valence-electron chi connectivity index (χ4n) is 3.56. The molecule has 2 N–H and O–H groups in total. The first-order valence-electron chi connectivity index (χ1n) is 9.82. The molecule has 0 spiro atoms. The molecule has 32 heavy (non-hydrogen) atoms. The lowest BCUT2D eigenvalue weighted by atomic mass is 10.2. The third kappa shape index (κ3) is 3.65. The normalized spacial score (nSPS) is 15.9. The van der Waals surface area contributed by atoms with Crippen LogP contribution >= 0.6 is 11.6 Å². The van der Waals surface area contributed by atoms with Crippen molar-refractivity contribution in [2.75, 3.05) is 18.6 Å². The van der Waals surface area contributed by atoms with Gasteiger partial charge in [0.2, 0.25) is 0 Å². The van der Waals surface area contributed by atoms with Crippen molar-refractivity contribution in [2.45, 2.75) is 12.6 Å². The van der Waals surface area contributed by atoms with Gasteiger partial charge in [0.15, 0.2) is 10.8 Å². The minimum atomic E-state index is -0.897. The first-order chi connectivity index (χ1) is 15.5. The number of ether oxygens (including phenoxy) is 1. The Hall–Kier alpha value is -3.92. The zero-order chi connectivity index (χ0) is 22.2. The highest BCUT2D eigenvalue weighted by Gasteiger charge is 2.32. The Morgan fingerprint density at radius 1 is 1.31 bits per heavy atom. The van der Waals surface area contributed by atoms with Crippen molar-refractivity contribution in [3.05, 3.63) is 65.1 Å². The van der Waals surface area contributed by atoms with Crippen molar-refractivity contribution in [3.63, 3.8) is 0 Å². The zero-order valence-corrected chi connectivity index (χ0v) is 17.7. The van der Waals surface area contributed by atoms with Gasteiger partial charge in [0, 0.05) is 18.5 Å². The highest BCUT2D eigenvalue weighted by Crippen LogP contribution is 2.36. The van der Waals surface area contributed by atoms with E-state index < -0.39 is 11.9 Å². The molecular formula is C21H18ClN7O3. The van der Waals surface area contributed by atoms with Crippen molar-refractivity contribution in [3.8, 4) is 5.75 Å². The number of halogens is 1. The van der Waals surface area contributed by atoms with Crippen LogP contribution in [0.5, 0.6) is 5.75 Å². The molecular weight excluding hydrogens is 434 g/mol. The number of nitrogens with one attached hydrogen (secondary N) is 2. The quantitative estimate of drug-likeness (QED) is 0.490. The molecule has 1 aliphatic heterocycles. The molecule has 2 aromatic heterocycles. The Balaban J connectivity index is 1.32. The Labute approximate surface area is 187 Å². The molecule has 1 atom stereocenters. The first kappa shape index (κ1) is 20.0. The van der Waals surface area contributed by atoms with Crippen molar-refractivity contribution in [2.24, 2.45) is 0 Å². The summed E-state index contributed by atoms with van der Waals surface area (Å²) in [4.78, 5) is 27.2. The molecule has 0 aliphatic carbocycles. The number of nitrogens with zero attached hydrogens (tertiary/aromatic N) is 5. The molecule has 2 amide bonds. The van der Waals surface area contributed by atoms with Gasteiger partial charge in [0.25, 0.3) is 11.8 Å². The predicted molar refractivity (Wildman–Crippen MR) is 117 cm³/mol. The Bertz CT molecular complexity index is 1320. The molecule has 0 bridgehead atoms. The Morgan fingerprint density at radius 3 is 2.94 bits per heavy atom. The number of likely N-dealkylation sites (N-methyl/N-ethyl adjacent to an activating group) is 1. The molecule has 11 heteroatoms. The van der Waals surface area contributed by atoms with Crippen LogP contribution < -0.4 is 15.0 Å². The van der Waals surface area contributed by atoms with Gasteiger partial charge in [-0.15, -0.1) is 5.10 Å². The largest absolute Gasteiger partial charge is 0.489 e. The second-order valence-electron chi connectivity index (χ2n) is 7.40. The van der Waals surface area contributed by atoms with Crippen molar-refractivity contribution < 1.29 is 14.3 Å². The van der Waals surface area contributed by atoms with Gasteiger partial charge in [-0.3, -0.25) is 14.7 Å². The summed E-state index contributed by atoms with van der Waals surface area (Å²) in [5.41, 5.74) is 2.37. The van der Waals surface area contributed by atoms with Gasteiger partial charge in [0.05, 0.1) is 23.9 Å². The van der Waals surface area contributed by atoms with E-state index in [4.69, 9.17) is 16.3 Å². The molecule has 0 radical (unpaired) electrons. The Morgan fingerprint density at radius 2 is 2.12 bits per heavy atom. The molecule has 0 fully saturated rings. The average molecular weight is 452 g/mol. The maximum Gasteiger partial charge on any atom is 0.274 e. The lowest BCUT2D eigenvalue weighted by Crippen LogP contribution is -2.49. The van der Waals surface area contributed by atoms with E-state index in [2.05, 4.69) is 25.8 Å². The second kappa shape index (κ2) is 7.97. The third-order valence-corrected chi connectivity index (χ3v) is 5.54. The number of carbonyl (C=O) groups is 2. The van der Waals surface area contributed by atoms with Gasteiger partial charge >= 0.3 is 0 Å². The highest BCUT2D eigenvalue weighted by atomic mass is 35.5. The van der Waals surface area contributed by atoms with Crippen LogP contribution in [-0.4, -0.2) is 56.7 Å². The number of benzene rings is 2. The van der Waals surface area contributed by atoms with Crippen LogP contribution in [0.4, 0.5) is 5.69 Å². The lowest BCUT2D eigenvalue weighted by Gasteiger charge is -2.20. The number of fused-ring (bicyclic) bond motifs is 2. The van der Waals surface area contributed by atoms with Gasteiger partial charge in [-0.2, -0.15) is 5.10 Å². The number of carbonyl (C=O) groups excluding carboxylic acids is 2. The van der Waals surface area contributed by atoms with E-state index in [-0.39, 0.29) is 18.2 Å². The van der Waals surface area contributed by atoms with E-state index in [1.165, 1.54) is 4.90 Å². The number of rotatable bonds is 4. The van der Waals surface area contributed by atoms with Gasteiger partial charge in [0.1, 0.15) is 18.4 Å². The van der Waals surface area contributed by atoms with Gasteiger partial charge in [-0.1, -0.05) is 47.1 Å². The summed E-state index contributed by atoms with van der Waals surface area (Å²) >= 11 is 6.10. The van der Waals surface area contributed by atoms with E-state index >= 15 is 0 Å². The minimum Gasteiger partial charge on any atom is -0.489 e. The number of aromatic nitrogens is 5. The fraction of sp³-hybridized carbons (Fsp3) is 0.190. The van der Waals surface area contributed by atoms with E-state index in [1.54, 1.807) is 30.1 Å². The van der Waals surface area contributed by atoms with Crippen molar-refractivity contribution in [1.29, 1.82) is 0 Å². The van der Waals surface area contributed by atoms with Crippen molar-refractivity contribution >= 4 is 40.0 Å². The molecule has 4 aromatic rings. The van der Waals surface area contributed by atoms with E-state index in [9.17, 15) is 9.59 Å². The van der Waals surface area contributed by atoms with Gasteiger partial charge in [-0.25, -0.2) is 4.68 Å². The van der Waals surface area contributed by atoms with E-state index in [0.717, 1.165) is 5.56 Å². The number of hydrogen-bond acceptors (Lipinski definition) is 6. The molecule has 5 rings (SSSR count). The molecule has 0 saturated heterocycles. The molecule has 162 valence electrons. The maximum absolute atomic E-state index is 13.0. The number of amides is 2. The molecule has 10 nitrogen and oxygen atoms in total. The van der Waals surface area contributed by atoms with Crippen molar-refractivity contribution in [1.82, 2.24) is 30.5 Å². The van der Waals surface area contributed by atoms with E-state index in [0.29, 0.717) is 34.0 Å². The Kier molecular flexibility index (Phi) is 4.98. The first-order valence-corrected chi connectivity index (χ1v) is 10.2. The topological polar surface area (TPSA) is 118 Å². The molecule has 0 unspecified atom stereocenters. The summed E-state index contributed by atoms with van der Waals surface area (Å²) in [6.45, 7) is 0.447. The lowest BCUT2D eigenvalue weighted by molar-refractivity contribution is -0.120. The van der Waals surface area contributed by atoms with Gasteiger partial charge < -0.3 is 15.0 Å². The minimum absolute atomic E-state index is 0.0343. The highest BCUT2D eigenvalue weighted by molar-refractivity contribution is 6.34. The monoisotopic (exact) mass is 451 g/mol. The van der Waals surface area contributed by atoms with Crippen LogP contribution in [0.3, 0.4) is 0 Å². The molecule has 1 aliphatic rings. The van der Waals surface area contributed by atoms with Crippen LogP contribution in [0, 0.1) is 0 Å². The number of aromatic amines is 1. The molecule has 3 heterocycles. The summed E-state index contributed by atoms with van der Waals surface area (Å²) in [7, 11) is 1.62. The van der Waals surface area contributed by atoms with Crippen LogP contribution in [0.1, 0.15) is 16.1 Å². The summed E-state index contributed by atoms with van der Waals surface area (Å²) in [6.07, 6.45) is 1.54. The van der Waals surface area contributed by atoms with Crippen LogP contribution in [-0.2, 0) is 11.3 Å². The predicted octanol–water partition coefficient (Wildman–Crippen LogP) is 2.01. The smallest absolute Gasteiger partial charge is 0.274 e. The maximum atomic E-state index is 13.0. The summed E-state index contributed by atoms with van der Waals surface area (Å²) in [5.74, 6) is -0.350. The SMILES string of the molecule is CN1C(=O)[C@@H](NC(=O)c2cn(Cc3ccccc3)nn2)COc2cc3[nH]nc(Cl)c3cc21. The fourth-order valence-corrected chi connectivity index (χ4v) is 3.76. The van der Waals surface area contributed by atoms with Crippen LogP contribution in [0.25, 0.3) is 10.9 Å². The summed E-state index contributed by atoms with van der Waals surface area (Å²) < 4.78 is 7.40. The zero-order valence-electron chi connectivity index (χ0n) is 16.9. The van der Waals surface area contributed by atoms with E-state index in [1.807, 2.05) is 30.3 Å². The third-order valence-electron chi connectivity index (χ3n) is 5.26. The summed E-state index contributed by atoms with van der Waals surface area (Å²) in [6, 6.07) is 12.3. The number of hydrogen-bond donors (Lipinski definition) is 2. The molecule has 0 saturated carbocycles. The average Bonchev–Trinajstić information content (AvgIpc) is 3.39. The number of anilines is 1.